The monoisotopic (exact) mass is 268 g/mol. The van der Waals surface area contributed by atoms with Crippen LogP contribution in [0.3, 0.4) is 0 Å². The normalized spacial score (nSPS) is 22.4. The van der Waals surface area contributed by atoms with Crippen molar-refractivity contribution in [3.8, 4) is 0 Å². The van der Waals surface area contributed by atoms with Gasteiger partial charge in [-0.05, 0) is 24.0 Å². The summed E-state index contributed by atoms with van der Waals surface area (Å²) in [4.78, 5) is 0. The molecule has 0 amide bonds. The molecule has 0 bridgehead atoms. The van der Waals surface area contributed by atoms with Crippen LogP contribution in [-0.4, -0.2) is 33.6 Å². The van der Waals surface area contributed by atoms with Crippen molar-refractivity contribution in [2.45, 2.75) is 12.8 Å². The SMILES string of the molecule is O=S(=O)=C1C2=C(CC2)C(=S(=O)=O)S1(=O)=O. The third kappa shape index (κ3) is 1.23. The highest BCUT2D eigenvalue weighted by atomic mass is 32.3. The average Bonchev–Trinajstić information content (AvgIpc) is 2.19. The molecule has 0 aromatic rings. The van der Waals surface area contributed by atoms with Crippen molar-refractivity contribution in [2.24, 2.45) is 0 Å². The molecule has 0 saturated heterocycles. The molecule has 0 fully saturated rings. The summed E-state index contributed by atoms with van der Waals surface area (Å²) in [6, 6.07) is 0. The minimum absolute atomic E-state index is 0.127. The Kier molecular flexibility index (Phi) is 2.14. The van der Waals surface area contributed by atoms with E-state index in [0.29, 0.717) is 12.8 Å². The molecule has 0 radical (unpaired) electrons. The first-order valence-electron chi connectivity index (χ1n) is 3.77. The van der Waals surface area contributed by atoms with Crippen LogP contribution in [0.1, 0.15) is 12.8 Å². The molecule has 1 heterocycles. The van der Waals surface area contributed by atoms with E-state index in [1.807, 2.05) is 0 Å². The van der Waals surface area contributed by atoms with E-state index in [-0.39, 0.29) is 11.1 Å². The second kappa shape index (κ2) is 3.03. The van der Waals surface area contributed by atoms with Crippen LogP contribution < -0.4 is 0 Å². The Morgan fingerprint density at radius 1 is 0.800 bits per heavy atom. The maximum Gasteiger partial charge on any atom is 0.236 e. The van der Waals surface area contributed by atoms with Gasteiger partial charge >= 0.3 is 0 Å². The van der Waals surface area contributed by atoms with Crippen LogP contribution in [0.15, 0.2) is 11.1 Å². The highest BCUT2D eigenvalue weighted by Gasteiger charge is 2.47. The Morgan fingerprint density at radius 2 is 1.13 bits per heavy atom. The summed E-state index contributed by atoms with van der Waals surface area (Å²) in [5, 5.41) is 0. The summed E-state index contributed by atoms with van der Waals surface area (Å²) in [7, 11) is -10.2. The van der Waals surface area contributed by atoms with Crippen LogP contribution in [0.4, 0.5) is 0 Å². The first-order chi connectivity index (χ1) is 6.87. The highest BCUT2D eigenvalue weighted by Crippen LogP contribution is 2.38. The summed E-state index contributed by atoms with van der Waals surface area (Å²) in [6.45, 7) is 0. The molecule has 82 valence electrons. The minimum atomic E-state index is -4.33. The quantitative estimate of drug-likeness (QED) is 0.497. The average molecular weight is 268 g/mol. The van der Waals surface area contributed by atoms with Crippen LogP contribution in [0, 0.1) is 0 Å². The van der Waals surface area contributed by atoms with Gasteiger partial charge in [0, 0.05) is 0 Å². The van der Waals surface area contributed by atoms with Crippen LogP contribution in [0.25, 0.3) is 0 Å². The lowest BCUT2D eigenvalue weighted by atomic mass is 9.91. The molecule has 1 aliphatic heterocycles. The lowest BCUT2D eigenvalue weighted by Gasteiger charge is -2.12. The van der Waals surface area contributed by atoms with E-state index in [9.17, 15) is 25.3 Å². The zero-order chi connectivity index (χ0) is 11.4. The Labute approximate surface area is 88.2 Å². The molecule has 1 aliphatic carbocycles. The van der Waals surface area contributed by atoms with Gasteiger partial charge in [0.25, 0.3) is 0 Å². The van der Waals surface area contributed by atoms with Gasteiger partial charge in [-0.3, -0.25) is 0 Å². The molecule has 2 rings (SSSR count). The number of hydrogen-bond acceptors (Lipinski definition) is 6. The lowest BCUT2D eigenvalue weighted by Crippen LogP contribution is -2.17. The molecule has 15 heavy (non-hydrogen) atoms. The predicted octanol–water partition coefficient (Wildman–Crippen LogP) is -1.48. The molecule has 0 aromatic carbocycles. The van der Waals surface area contributed by atoms with Crippen molar-refractivity contribution in [3.05, 3.63) is 11.1 Å². The molecule has 2 aliphatic rings. The van der Waals surface area contributed by atoms with Crippen molar-refractivity contribution in [1.82, 2.24) is 0 Å². The molecule has 9 heteroatoms. The van der Waals surface area contributed by atoms with E-state index in [2.05, 4.69) is 0 Å². The van der Waals surface area contributed by atoms with E-state index >= 15 is 0 Å². The van der Waals surface area contributed by atoms with E-state index in [1.165, 1.54) is 0 Å². The molecule has 0 spiro atoms. The van der Waals surface area contributed by atoms with E-state index in [0.717, 1.165) is 0 Å². The summed E-state index contributed by atoms with van der Waals surface area (Å²) in [5.41, 5.74) is 0.255. The van der Waals surface area contributed by atoms with Crippen molar-refractivity contribution >= 4 is 38.8 Å². The van der Waals surface area contributed by atoms with E-state index < -0.39 is 38.8 Å². The third-order valence-corrected chi connectivity index (χ3v) is 6.97. The largest absolute Gasteiger partial charge is 0.236 e. The van der Waals surface area contributed by atoms with Crippen LogP contribution in [0.5, 0.6) is 0 Å². The van der Waals surface area contributed by atoms with Crippen molar-refractivity contribution in [1.29, 1.82) is 0 Å². The van der Waals surface area contributed by atoms with Crippen LogP contribution >= 0.6 is 0 Å². The minimum Gasteiger partial charge on any atom is -0.216 e. The Hall–Kier alpha value is -0.930. The molecule has 0 N–H and O–H groups in total. The van der Waals surface area contributed by atoms with Crippen molar-refractivity contribution < 1.29 is 25.3 Å². The first kappa shape index (κ1) is 10.6. The fraction of sp³-hybridized carbons (Fsp3) is 0.333. The van der Waals surface area contributed by atoms with Crippen LogP contribution in [0.2, 0.25) is 0 Å². The Bertz CT molecular complexity index is 681. The second-order valence-electron chi connectivity index (χ2n) is 3.00. The molecule has 0 atom stereocenters. The number of rotatable bonds is 0. The fourth-order valence-electron chi connectivity index (χ4n) is 1.61. The second-order valence-corrected chi connectivity index (χ2v) is 7.10. The topological polar surface area (TPSA) is 102 Å². The first-order valence-corrected chi connectivity index (χ1v) is 7.41. The molecular weight excluding hydrogens is 264 g/mol. The van der Waals surface area contributed by atoms with Crippen molar-refractivity contribution in [2.75, 3.05) is 0 Å². The molecule has 0 saturated carbocycles. The third-order valence-electron chi connectivity index (χ3n) is 2.27. The summed E-state index contributed by atoms with van der Waals surface area (Å²) >= 11 is 0. The summed E-state index contributed by atoms with van der Waals surface area (Å²) in [6.07, 6.45) is 0.581. The van der Waals surface area contributed by atoms with Gasteiger partial charge in [0.2, 0.25) is 30.4 Å². The maximum absolute atomic E-state index is 11.5. The van der Waals surface area contributed by atoms with Gasteiger partial charge in [0.05, 0.1) is 0 Å². The zero-order valence-corrected chi connectivity index (χ0v) is 9.54. The number of sulfone groups is 1. The smallest absolute Gasteiger partial charge is 0.216 e. The highest BCUT2D eigenvalue weighted by molar-refractivity contribution is 8.32. The molecule has 0 unspecified atom stereocenters. The summed E-state index contributed by atoms with van der Waals surface area (Å²) in [5.74, 6) is 0. The lowest BCUT2D eigenvalue weighted by molar-refractivity contribution is 0.617. The van der Waals surface area contributed by atoms with E-state index in [4.69, 9.17) is 0 Å². The van der Waals surface area contributed by atoms with Crippen molar-refractivity contribution in [3.63, 3.8) is 0 Å². The maximum atomic E-state index is 11.5. The Morgan fingerprint density at radius 3 is 1.27 bits per heavy atom. The zero-order valence-electron chi connectivity index (χ0n) is 7.09. The van der Waals surface area contributed by atoms with Crippen LogP contribution in [-0.2, 0) is 30.4 Å². The van der Waals surface area contributed by atoms with Gasteiger partial charge in [0.1, 0.15) is 0 Å². The number of hydrogen-bond donors (Lipinski definition) is 0. The molecular formula is C6H4O6S3. The van der Waals surface area contributed by atoms with Gasteiger partial charge in [-0.2, -0.15) is 16.8 Å². The standard InChI is InChI=1S/C6H4O6S3/c7-13(8)5-3-1-2-4(3)6(14(9)10)15(5,11)12/h1-2H2. The fourth-order valence-corrected chi connectivity index (χ4v) is 5.83. The van der Waals surface area contributed by atoms with Gasteiger partial charge in [0.15, 0.2) is 8.39 Å². The summed E-state index contributed by atoms with van der Waals surface area (Å²) < 4.78 is 64.4. The van der Waals surface area contributed by atoms with Gasteiger partial charge in [-0.15, -0.1) is 0 Å². The van der Waals surface area contributed by atoms with Gasteiger partial charge < -0.3 is 0 Å². The Balaban J connectivity index is 3.07. The molecule has 6 nitrogen and oxygen atoms in total. The van der Waals surface area contributed by atoms with E-state index in [1.54, 1.807) is 0 Å². The molecule has 0 aromatic heterocycles. The van der Waals surface area contributed by atoms with Gasteiger partial charge in [-0.25, -0.2) is 8.42 Å². The van der Waals surface area contributed by atoms with Gasteiger partial charge in [-0.1, -0.05) is 0 Å². The predicted molar refractivity (Wildman–Crippen MR) is 53.0 cm³/mol.